The Labute approximate surface area is 128 Å². The summed E-state index contributed by atoms with van der Waals surface area (Å²) in [6, 6.07) is 1.80. The Morgan fingerprint density at radius 3 is 2.82 bits per heavy atom. The van der Waals surface area contributed by atoms with Crippen LogP contribution in [0, 0.1) is 0 Å². The van der Waals surface area contributed by atoms with Crippen molar-refractivity contribution >= 4 is 24.0 Å². The van der Waals surface area contributed by atoms with E-state index in [1.54, 1.807) is 12.3 Å². The summed E-state index contributed by atoms with van der Waals surface area (Å²) >= 11 is 0. The Bertz CT molecular complexity index is 620. The maximum atomic E-state index is 12.1. The number of aliphatic carboxylic acids is 1. The summed E-state index contributed by atoms with van der Waals surface area (Å²) in [6.45, 7) is 6.12. The first-order valence-corrected chi connectivity index (χ1v) is 6.86. The van der Waals surface area contributed by atoms with Crippen molar-refractivity contribution in [3.8, 4) is 0 Å². The quantitative estimate of drug-likeness (QED) is 0.815. The van der Waals surface area contributed by atoms with Gasteiger partial charge in [-0.3, -0.25) is 4.90 Å². The maximum absolute atomic E-state index is 12.1. The van der Waals surface area contributed by atoms with Crippen LogP contribution in [0.1, 0.15) is 31.9 Å². The molecule has 7 nitrogen and oxygen atoms in total. The van der Waals surface area contributed by atoms with Gasteiger partial charge in [-0.2, -0.15) is 0 Å². The summed E-state index contributed by atoms with van der Waals surface area (Å²) in [6.07, 6.45) is 3.68. The van der Waals surface area contributed by atoms with E-state index in [0.29, 0.717) is 24.6 Å². The van der Waals surface area contributed by atoms with Gasteiger partial charge in [0.2, 0.25) is 0 Å². The van der Waals surface area contributed by atoms with Crippen molar-refractivity contribution in [3.05, 3.63) is 29.5 Å². The Kier molecular flexibility index (Phi) is 4.35. The topological polar surface area (TPSA) is 91.8 Å². The number of pyridine rings is 1. The molecule has 1 aliphatic rings. The summed E-state index contributed by atoms with van der Waals surface area (Å²) in [4.78, 5) is 28.4. The van der Waals surface area contributed by atoms with Gasteiger partial charge < -0.3 is 15.2 Å². The van der Waals surface area contributed by atoms with Crippen LogP contribution >= 0.6 is 0 Å². The molecule has 2 rings (SSSR count). The molecule has 0 spiro atoms. The summed E-state index contributed by atoms with van der Waals surface area (Å²) < 4.78 is 5.34. The lowest BCUT2D eigenvalue weighted by Crippen LogP contribution is -2.41. The third-order valence-corrected chi connectivity index (χ3v) is 2.86. The van der Waals surface area contributed by atoms with E-state index < -0.39 is 17.7 Å². The van der Waals surface area contributed by atoms with Crippen LogP contribution < -0.4 is 5.32 Å². The van der Waals surface area contributed by atoms with Gasteiger partial charge >= 0.3 is 12.1 Å². The van der Waals surface area contributed by atoms with Gasteiger partial charge in [0.1, 0.15) is 11.4 Å². The van der Waals surface area contributed by atoms with Gasteiger partial charge in [-0.15, -0.1) is 0 Å². The van der Waals surface area contributed by atoms with Crippen LogP contribution in [0.3, 0.4) is 0 Å². The number of nitrogens with one attached hydrogen (secondary N) is 1. The van der Waals surface area contributed by atoms with Gasteiger partial charge in [-0.1, -0.05) is 0 Å². The fraction of sp³-hybridized carbons (Fsp3) is 0.400. The van der Waals surface area contributed by atoms with Crippen molar-refractivity contribution < 1.29 is 19.4 Å². The van der Waals surface area contributed by atoms with E-state index in [9.17, 15) is 9.59 Å². The molecular weight excluding hydrogens is 286 g/mol. The van der Waals surface area contributed by atoms with E-state index in [4.69, 9.17) is 9.84 Å². The predicted molar refractivity (Wildman–Crippen MR) is 81.2 cm³/mol. The molecule has 2 heterocycles. The molecular formula is C15H19N3O4. The molecule has 7 heteroatoms. The molecule has 1 aliphatic heterocycles. The molecule has 22 heavy (non-hydrogen) atoms. The van der Waals surface area contributed by atoms with Crippen LogP contribution in [0.4, 0.5) is 10.6 Å². The van der Waals surface area contributed by atoms with Gasteiger partial charge in [-0.05, 0) is 38.5 Å². The van der Waals surface area contributed by atoms with Crippen molar-refractivity contribution in [2.24, 2.45) is 0 Å². The van der Waals surface area contributed by atoms with Gasteiger partial charge in [0, 0.05) is 17.8 Å². The molecule has 0 atom stereocenters. The van der Waals surface area contributed by atoms with Crippen LogP contribution in [0.2, 0.25) is 0 Å². The third-order valence-electron chi connectivity index (χ3n) is 2.86. The van der Waals surface area contributed by atoms with Crippen LogP contribution in [0.5, 0.6) is 0 Å². The summed E-state index contributed by atoms with van der Waals surface area (Å²) in [7, 11) is 0. The molecule has 1 amide bonds. The molecule has 0 fully saturated rings. The number of fused-ring (bicyclic) bond motifs is 1. The summed E-state index contributed by atoms with van der Waals surface area (Å²) in [5.41, 5.74) is 0.917. The zero-order valence-corrected chi connectivity index (χ0v) is 12.8. The van der Waals surface area contributed by atoms with Gasteiger partial charge in [0.15, 0.2) is 0 Å². The number of ether oxygens (including phenoxy) is 1. The van der Waals surface area contributed by atoms with E-state index >= 15 is 0 Å². The number of carbonyl (C=O) groups is 2. The second-order valence-corrected chi connectivity index (χ2v) is 5.96. The Morgan fingerprint density at radius 2 is 2.18 bits per heavy atom. The highest BCUT2D eigenvalue weighted by Gasteiger charge is 2.26. The zero-order chi connectivity index (χ0) is 16.3. The molecule has 0 unspecified atom stereocenters. The first kappa shape index (κ1) is 15.8. The van der Waals surface area contributed by atoms with Crippen LogP contribution in [0.15, 0.2) is 18.3 Å². The van der Waals surface area contributed by atoms with E-state index in [-0.39, 0.29) is 0 Å². The molecule has 1 aromatic heterocycles. The normalized spacial score (nSPS) is 14.4. The molecule has 2 N–H and O–H groups in total. The Hall–Kier alpha value is -2.57. The fourth-order valence-corrected chi connectivity index (χ4v) is 1.95. The Balaban J connectivity index is 2.13. The number of rotatable bonds is 2. The molecule has 0 aliphatic carbocycles. The minimum Gasteiger partial charge on any atom is -0.478 e. The number of amides is 1. The van der Waals surface area contributed by atoms with Crippen LogP contribution in [-0.2, 0) is 16.1 Å². The zero-order valence-electron chi connectivity index (χ0n) is 12.8. The van der Waals surface area contributed by atoms with E-state index in [1.807, 2.05) is 20.8 Å². The lowest BCUT2D eigenvalue weighted by Gasteiger charge is -2.31. The molecule has 0 radical (unpaired) electrons. The molecule has 0 bridgehead atoms. The average molecular weight is 305 g/mol. The van der Waals surface area contributed by atoms with Crippen molar-refractivity contribution in [1.29, 1.82) is 0 Å². The number of carboxylic acids is 1. The number of hydrogen-bond donors (Lipinski definition) is 2. The predicted octanol–water partition coefficient (Wildman–Crippen LogP) is 2.30. The Morgan fingerprint density at radius 1 is 1.45 bits per heavy atom. The standard InChI is InChI=1S/C15H19N3O4/c1-15(2,3)22-14(21)18-8-11-6-10(4-5-12(19)20)7-16-13(11)17-9-18/h4-7H,8-9H2,1-3H3,(H,16,17)(H,19,20)/b5-4+. The first-order valence-electron chi connectivity index (χ1n) is 6.86. The summed E-state index contributed by atoms with van der Waals surface area (Å²) in [5, 5.41) is 11.7. The number of carbonyl (C=O) groups excluding carboxylic acids is 1. The highest BCUT2D eigenvalue weighted by atomic mass is 16.6. The van der Waals surface area contributed by atoms with Crippen molar-refractivity contribution in [2.45, 2.75) is 32.9 Å². The highest BCUT2D eigenvalue weighted by Crippen LogP contribution is 2.22. The van der Waals surface area contributed by atoms with Gasteiger partial charge in [-0.25, -0.2) is 14.6 Å². The highest BCUT2D eigenvalue weighted by molar-refractivity contribution is 5.85. The van der Waals surface area contributed by atoms with E-state index in [0.717, 1.165) is 11.6 Å². The largest absolute Gasteiger partial charge is 0.478 e. The first-order chi connectivity index (χ1) is 10.2. The third kappa shape index (κ3) is 4.21. The lowest BCUT2D eigenvalue weighted by atomic mass is 10.1. The number of nitrogens with zero attached hydrogens (tertiary/aromatic N) is 2. The van der Waals surface area contributed by atoms with Gasteiger partial charge in [0.25, 0.3) is 0 Å². The number of anilines is 1. The van der Waals surface area contributed by atoms with Gasteiger partial charge in [0.05, 0.1) is 13.2 Å². The summed E-state index contributed by atoms with van der Waals surface area (Å²) in [5.74, 6) is -0.335. The van der Waals surface area contributed by atoms with Crippen molar-refractivity contribution in [3.63, 3.8) is 0 Å². The SMILES string of the molecule is CC(C)(C)OC(=O)N1CNc2ncc(/C=C/C(=O)O)cc2C1. The van der Waals surface area contributed by atoms with E-state index in [1.165, 1.54) is 11.0 Å². The fourth-order valence-electron chi connectivity index (χ4n) is 1.95. The van der Waals surface area contributed by atoms with Crippen molar-refractivity contribution in [2.75, 3.05) is 12.0 Å². The number of carboxylic acid groups (broad SMARTS) is 1. The lowest BCUT2D eigenvalue weighted by molar-refractivity contribution is -0.131. The smallest absolute Gasteiger partial charge is 0.412 e. The van der Waals surface area contributed by atoms with Crippen LogP contribution in [-0.4, -0.2) is 39.3 Å². The van der Waals surface area contributed by atoms with E-state index in [2.05, 4.69) is 10.3 Å². The monoisotopic (exact) mass is 305 g/mol. The number of hydrogen-bond acceptors (Lipinski definition) is 5. The molecule has 118 valence electrons. The average Bonchev–Trinajstić information content (AvgIpc) is 2.42. The molecule has 0 saturated heterocycles. The minimum absolute atomic E-state index is 0.319. The number of aromatic nitrogens is 1. The molecule has 0 aromatic carbocycles. The molecule has 0 saturated carbocycles. The molecule has 1 aromatic rings. The van der Waals surface area contributed by atoms with Crippen molar-refractivity contribution in [1.82, 2.24) is 9.88 Å². The second kappa shape index (κ2) is 6.05. The van der Waals surface area contributed by atoms with Crippen LogP contribution in [0.25, 0.3) is 6.08 Å². The minimum atomic E-state index is -1.02. The maximum Gasteiger partial charge on any atom is 0.412 e. The second-order valence-electron chi connectivity index (χ2n) is 5.96.